The van der Waals surface area contributed by atoms with Crippen molar-refractivity contribution in [1.82, 2.24) is 4.98 Å². The van der Waals surface area contributed by atoms with Gasteiger partial charge >= 0.3 is 5.97 Å². The summed E-state index contributed by atoms with van der Waals surface area (Å²) in [7, 11) is 0. The zero-order valence-corrected chi connectivity index (χ0v) is 12.9. The Balaban J connectivity index is 3.00. The Hall–Kier alpha value is -1.91. The molecule has 0 aromatic carbocycles. The SMILES string of the molecule is CC(C)(C)OC(=O)c1cccnc1NC(=O)C(C)(C)C. The molecule has 0 aliphatic carbocycles. The second-order valence-corrected chi connectivity index (χ2v) is 6.61. The van der Waals surface area contributed by atoms with Gasteiger partial charge in [-0.1, -0.05) is 20.8 Å². The molecule has 20 heavy (non-hydrogen) atoms. The Kier molecular flexibility index (Phi) is 4.53. The van der Waals surface area contributed by atoms with E-state index in [0.29, 0.717) is 0 Å². The zero-order valence-electron chi connectivity index (χ0n) is 12.9. The van der Waals surface area contributed by atoms with Crippen LogP contribution in [0.15, 0.2) is 18.3 Å². The third-order valence-corrected chi connectivity index (χ3v) is 2.34. The van der Waals surface area contributed by atoms with E-state index >= 15 is 0 Å². The lowest BCUT2D eigenvalue weighted by atomic mass is 9.95. The van der Waals surface area contributed by atoms with Crippen LogP contribution in [0.1, 0.15) is 51.9 Å². The number of rotatable bonds is 2. The van der Waals surface area contributed by atoms with Crippen molar-refractivity contribution in [2.24, 2.45) is 5.41 Å². The summed E-state index contributed by atoms with van der Waals surface area (Å²) in [6.45, 7) is 10.7. The molecule has 0 aliphatic rings. The molecule has 0 aliphatic heterocycles. The van der Waals surface area contributed by atoms with E-state index in [0.717, 1.165) is 0 Å². The molecule has 0 radical (unpaired) electrons. The minimum Gasteiger partial charge on any atom is -0.456 e. The Morgan fingerprint density at radius 2 is 1.75 bits per heavy atom. The van der Waals surface area contributed by atoms with Crippen molar-refractivity contribution in [2.75, 3.05) is 5.32 Å². The molecule has 1 rings (SSSR count). The molecule has 5 nitrogen and oxygen atoms in total. The summed E-state index contributed by atoms with van der Waals surface area (Å²) in [4.78, 5) is 28.1. The number of nitrogens with zero attached hydrogens (tertiary/aromatic N) is 1. The highest BCUT2D eigenvalue weighted by molar-refractivity contribution is 6.01. The fraction of sp³-hybridized carbons (Fsp3) is 0.533. The van der Waals surface area contributed by atoms with Crippen LogP contribution in [0.2, 0.25) is 0 Å². The van der Waals surface area contributed by atoms with Crippen LogP contribution < -0.4 is 5.32 Å². The average molecular weight is 278 g/mol. The molecule has 1 aromatic heterocycles. The Morgan fingerprint density at radius 3 is 2.25 bits per heavy atom. The summed E-state index contributed by atoms with van der Waals surface area (Å²) in [6, 6.07) is 3.21. The quantitative estimate of drug-likeness (QED) is 0.844. The number of ether oxygens (including phenoxy) is 1. The van der Waals surface area contributed by atoms with Gasteiger partial charge in [-0.25, -0.2) is 9.78 Å². The third-order valence-electron chi connectivity index (χ3n) is 2.34. The van der Waals surface area contributed by atoms with E-state index in [1.165, 1.54) is 6.20 Å². The fourth-order valence-corrected chi connectivity index (χ4v) is 1.30. The van der Waals surface area contributed by atoms with Gasteiger partial charge in [0.1, 0.15) is 17.0 Å². The number of hydrogen-bond acceptors (Lipinski definition) is 4. The molecule has 0 saturated heterocycles. The second kappa shape index (κ2) is 5.61. The van der Waals surface area contributed by atoms with Crippen molar-refractivity contribution in [3.05, 3.63) is 23.9 Å². The van der Waals surface area contributed by atoms with E-state index in [1.807, 2.05) is 0 Å². The Morgan fingerprint density at radius 1 is 1.15 bits per heavy atom. The van der Waals surface area contributed by atoms with Crippen molar-refractivity contribution < 1.29 is 14.3 Å². The smallest absolute Gasteiger partial charge is 0.342 e. The van der Waals surface area contributed by atoms with Crippen LogP contribution in [0.4, 0.5) is 5.82 Å². The van der Waals surface area contributed by atoms with Gasteiger partial charge in [0.2, 0.25) is 5.91 Å². The van der Waals surface area contributed by atoms with Crippen LogP contribution in [-0.4, -0.2) is 22.5 Å². The first-order valence-corrected chi connectivity index (χ1v) is 6.50. The Labute approximate surface area is 119 Å². The first kappa shape index (κ1) is 16.1. The molecular weight excluding hydrogens is 256 g/mol. The molecule has 0 fully saturated rings. The number of esters is 1. The van der Waals surface area contributed by atoms with Crippen molar-refractivity contribution in [2.45, 2.75) is 47.1 Å². The molecular formula is C15H22N2O3. The summed E-state index contributed by atoms with van der Waals surface area (Å²) in [6.07, 6.45) is 1.52. The number of nitrogens with one attached hydrogen (secondary N) is 1. The minimum absolute atomic E-state index is 0.207. The van der Waals surface area contributed by atoms with Gasteiger partial charge in [0, 0.05) is 11.6 Å². The van der Waals surface area contributed by atoms with Crippen LogP contribution in [0.25, 0.3) is 0 Å². The van der Waals surface area contributed by atoms with Crippen molar-refractivity contribution in [3.63, 3.8) is 0 Å². The maximum absolute atomic E-state index is 12.1. The first-order valence-electron chi connectivity index (χ1n) is 6.50. The first-order chi connectivity index (χ1) is 9.00. The second-order valence-electron chi connectivity index (χ2n) is 6.61. The van der Waals surface area contributed by atoms with E-state index < -0.39 is 17.0 Å². The normalized spacial score (nSPS) is 11.9. The standard InChI is InChI=1S/C15H22N2O3/c1-14(2,3)13(19)17-11-10(8-7-9-16-11)12(18)20-15(4,5)6/h7-9H,1-6H3,(H,16,17,19). The van der Waals surface area contributed by atoms with Crippen molar-refractivity contribution in [3.8, 4) is 0 Å². The van der Waals surface area contributed by atoms with Gasteiger partial charge in [-0.3, -0.25) is 4.79 Å². The number of aromatic nitrogens is 1. The summed E-state index contributed by atoms with van der Waals surface area (Å²) in [5.41, 5.74) is -0.916. The molecule has 0 bridgehead atoms. The van der Waals surface area contributed by atoms with E-state index in [1.54, 1.807) is 53.7 Å². The molecule has 0 saturated carbocycles. The van der Waals surface area contributed by atoms with Crippen molar-refractivity contribution >= 4 is 17.7 Å². The molecule has 1 amide bonds. The lowest BCUT2D eigenvalue weighted by molar-refractivity contribution is -0.123. The third kappa shape index (κ3) is 4.64. The maximum atomic E-state index is 12.1. The number of carbonyl (C=O) groups is 2. The van der Waals surface area contributed by atoms with Gasteiger partial charge in [-0.05, 0) is 32.9 Å². The van der Waals surface area contributed by atoms with Gasteiger partial charge in [-0.2, -0.15) is 0 Å². The largest absolute Gasteiger partial charge is 0.456 e. The molecule has 1 N–H and O–H groups in total. The number of amides is 1. The predicted octanol–water partition coefficient (Wildman–Crippen LogP) is 3.02. The molecule has 1 aromatic rings. The van der Waals surface area contributed by atoms with E-state index in [2.05, 4.69) is 10.3 Å². The number of hydrogen-bond donors (Lipinski definition) is 1. The number of pyridine rings is 1. The average Bonchev–Trinajstić information content (AvgIpc) is 2.25. The van der Waals surface area contributed by atoms with Crippen LogP contribution >= 0.6 is 0 Å². The summed E-state index contributed by atoms with van der Waals surface area (Å²) >= 11 is 0. The topological polar surface area (TPSA) is 68.3 Å². The van der Waals surface area contributed by atoms with E-state index in [4.69, 9.17) is 4.74 Å². The molecule has 1 heterocycles. The Bertz CT molecular complexity index is 511. The van der Waals surface area contributed by atoms with Gasteiger partial charge < -0.3 is 10.1 Å². The number of anilines is 1. The van der Waals surface area contributed by atoms with Crippen LogP contribution in [0.5, 0.6) is 0 Å². The fourth-order valence-electron chi connectivity index (χ4n) is 1.30. The molecule has 110 valence electrons. The van der Waals surface area contributed by atoms with Gasteiger partial charge in [0.25, 0.3) is 0 Å². The molecule has 5 heteroatoms. The highest BCUT2D eigenvalue weighted by Crippen LogP contribution is 2.20. The molecule has 0 atom stereocenters. The molecule has 0 unspecified atom stereocenters. The zero-order chi connectivity index (χ0) is 15.6. The van der Waals surface area contributed by atoms with Gasteiger partial charge in [0.05, 0.1) is 0 Å². The maximum Gasteiger partial charge on any atom is 0.342 e. The summed E-state index contributed by atoms with van der Waals surface area (Å²) < 4.78 is 5.30. The highest BCUT2D eigenvalue weighted by Gasteiger charge is 2.25. The van der Waals surface area contributed by atoms with Crippen LogP contribution in [-0.2, 0) is 9.53 Å². The lowest BCUT2D eigenvalue weighted by Gasteiger charge is -2.21. The molecule has 0 spiro atoms. The highest BCUT2D eigenvalue weighted by atomic mass is 16.6. The predicted molar refractivity (Wildman–Crippen MR) is 77.5 cm³/mol. The van der Waals surface area contributed by atoms with Crippen LogP contribution in [0.3, 0.4) is 0 Å². The summed E-state index contributed by atoms with van der Waals surface area (Å²) in [5.74, 6) is -0.488. The van der Waals surface area contributed by atoms with E-state index in [-0.39, 0.29) is 17.3 Å². The van der Waals surface area contributed by atoms with Crippen LogP contribution in [0, 0.1) is 5.41 Å². The summed E-state index contributed by atoms with van der Waals surface area (Å²) in [5, 5.41) is 2.67. The van der Waals surface area contributed by atoms with E-state index in [9.17, 15) is 9.59 Å². The van der Waals surface area contributed by atoms with Gasteiger partial charge in [-0.15, -0.1) is 0 Å². The van der Waals surface area contributed by atoms with Crippen molar-refractivity contribution in [1.29, 1.82) is 0 Å². The number of carbonyl (C=O) groups excluding carboxylic acids is 2. The minimum atomic E-state index is -0.599. The monoisotopic (exact) mass is 278 g/mol. The van der Waals surface area contributed by atoms with Gasteiger partial charge in [0.15, 0.2) is 0 Å². The lowest BCUT2D eigenvalue weighted by Crippen LogP contribution is -2.30.